The van der Waals surface area contributed by atoms with Gasteiger partial charge in [0.2, 0.25) is 11.8 Å². The van der Waals surface area contributed by atoms with Gasteiger partial charge in [-0.1, -0.05) is 13.8 Å². The Morgan fingerprint density at radius 1 is 1.27 bits per heavy atom. The standard InChI is InChI=1S/C16H26N4O2/c1-12(2)16(3,11-17)18-14(21)10-19-6-8-20(9-7-19)15(22)13-4-5-13/h12-13H,4-10H2,1-3H3,(H,18,21)/t16-/m0/s1. The number of hydrogen-bond donors (Lipinski definition) is 1. The quantitative estimate of drug-likeness (QED) is 0.807. The molecule has 6 heteroatoms. The number of hydrogen-bond acceptors (Lipinski definition) is 4. The third-order valence-electron chi connectivity index (χ3n) is 4.76. The maximum absolute atomic E-state index is 12.1. The molecule has 22 heavy (non-hydrogen) atoms. The lowest BCUT2D eigenvalue weighted by molar-refractivity contribution is -0.134. The number of rotatable bonds is 5. The van der Waals surface area contributed by atoms with Crippen LogP contribution in [0.15, 0.2) is 0 Å². The van der Waals surface area contributed by atoms with Gasteiger partial charge in [-0.3, -0.25) is 14.5 Å². The molecule has 0 bridgehead atoms. The molecule has 2 amide bonds. The zero-order valence-electron chi connectivity index (χ0n) is 13.8. The zero-order chi connectivity index (χ0) is 16.3. The fourth-order valence-corrected chi connectivity index (χ4v) is 2.55. The van der Waals surface area contributed by atoms with Gasteiger partial charge in [-0.05, 0) is 25.7 Å². The van der Waals surface area contributed by atoms with Crippen molar-refractivity contribution in [3.8, 4) is 6.07 Å². The smallest absolute Gasteiger partial charge is 0.235 e. The van der Waals surface area contributed by atoms with Gasteiger partial charge in [0.05, 0.1) is 12.6 Å². The van der Waals surface area contributed by atoms with Crippen molar-refractivity contribution in [1.29, 1.82) is 5.26 Å². The van der Waals surface area contributed by atoms with Gasteiger partial charge < -0.3 is 10.2 Å². The summed E-state index contributed by atoms with van der Waals surface area (Å²) in [6, 6.07) is 2.18. The summed E-state index contributed by atoms with van der Waals surface area (Å²) in [4.78, 5) is 28.1. The average Bonchev–Trinajstić information content (AvgIpc) is 3.31. The van der Waals surface area contributed by atoms with Crippen molar-refractivity contribution in [2.75, 3.05) is 32.7 Å². The van der Waals surface area contributed by atoms with E-state index in [1.807, 2.05) is 23.6 Å². The Labute approximate surface area is 132 Å². The molecule has 0 spiro atoms. The second kappa shape index (κ2) is 6.66. The summed E-state index contributed by atoms with van der Waals surface area (Å²) in [5.74, 6) is 0.465. The van der Waals surface area contributed by atoms with Crippen LogP contribution < -0.4 is 5.32 Å². The van der Waals surface area contributed by atoms with Crippen molar-refractivity contribution >= 4 is 11.8 Å². The first-order chi connectivity index (χ1) is 10.4. The molecule has 1 heterocycles. The molecule has 0 aromatic heterocycles. The van der Waals surface area contributed by atoms with E-state index in [0.29, 0.717) is 13.1 Å². The highest BCUT2D eigenvalue weighted by Crippen LogP contribution is 2.31. The molecule has 1 saturated carbocycles. The highest BCUT2D eigenvalue weighted by molar-refractivity contribution is 5.81. The Bertz CT molecular complexity index is 473. The second-order valence-corrected chi connectivity index (χ2v) is 6.89. The third kappa shape index (κ3) is 3.98. The monoisotopic (exact) mass is 306 g/mol. The molecule has 1 N–H and O–H groups in total. The summed E-state index contributed by atoms with van der Waals surface area (Å²) in [5.41, 5.74) is -0.832. The van der Waals surface area contributed by atoms with Crippen LogP contribution in [0.5, 0.6) is 0 Å². The Hall–Kier alpha value is -1.61. The molecule has 2 rings (SSSR count). The Morgan fingerprint density at radius 2 is 1.86 bits per heavy atom. The molecule has 1 aliphatic carbocycles. The normalized spacial score (nSPS) is 22.0. The number of nitriles is 1. The summed E-state index contributed by atoms with van der Waals surface area (Å²) in [6.07, 6.45) is 2.06. The van der Waals surface area contributed by atoms with Gasteiger partial charge in [-0.15, -0.1) is 0 Å². The number of carbonyl (C=O) groups is 2. The van der Waals surface area contributed by atoms with Crippen LogP contribution in [0.2, 0.25) is 0 Å². The molecule has 2 aliphatic rings. The minimum Gasteiger partial charge on any atom is -0.340 e. The van der Waals surface area contributed by atoms with Crippen LogP contribution in [0.1, 0.15) is 33.6 Å². The predicted octanol–water partition coefficient (Wildman–Crippen LogP) is 0.595. The first-order valence-electron chi connectivity index (χ1n) is 8.09. The van der Waals surface area contributed by atoms with Gasteiger partial charge in [0.1, 0.15) is 5.54 Å². The van der Waals surface area contributed by atoms with Gasteiger partial charge in [-0.25, -0.2) is 0 Å². The first-order valence-corrected chi connectivity index (χ1v) is 8.09. The van der Waals surface area contributed by atoms with Crippen LogP contribution >= 0.6 is 0 Å². The molecule has 1 atom stereocenters. The van der Waals surface area contributed by atoms with Gasteiger partial charge in [0.25, 0.3) is 0 Å². The number of piperazine rings is 1. The van der Waals surface area contributed by atoms with E-state index >= 15 is 0 Å². The Balaban J connectivity index is 1.77. The molecular formula is C16H26N4O2. The van der Waals surface area contributed by atoms with Gasteiger partial charge in [0.15, 0.2) is 0 Å². The molecule has 1 aliphatic heterocycles. The summed E-state index contributed by atoms with van der Waals surface area (Å²) in [6.45, 7) is 8.72. The molecule has 6 nitrogen and oxygen atoms in total. The summed E-state index contributed by atoms with van der Waals surface area (Å²) < 4.78 is 0. The van der Waals surface area contributed by atoms with Crippen molar-refractivity contribution < 1.29 is 9.59 Å². The van der Waals surface area contributed by atoms with Crippen molar-refractivity contribution in [3.05, 3.63) is 0 Å². The molecular weight excluding hydrogens is 280 g/mol. The summed E-state index contributed by atoms with van der Waals surface area (Å²) in [7, 11) is 0. The molecule has 1 saturated heterocycles. The van der Waals surface area contributed by atoms with Crippen LogP contribution in [-0.4, -0.2) is 59.9 Å². The van der Waals surface area contributed by atoms with Crippen LogP contribution in [-0.2, 0) is 9.59 Å². The molecule has 2 fully saturated rings. The highest BCUT2D eigenvalue weighted by atomic mass is 16.2. The minimum absolute atomic E-state index is 0.0504. The van der Waals surface area contributed by atoms with Gasteiger partial charge in [0, 0.05) is 32.1 Å². The fourth-order valence-electron chi connectivity index (χ4n) is 2.55. The van der Waals surface area contributed by atoms with E-state index in [9.17, 15) is 14.9 Å². The lowest BCUT2D eigenvalue weighted by atomic mass is 9.90. The van der Waals surface area contributed by atoms with E-state index in [1.54, 1.807) is 6.92 Å². The van der Waals surface area contributed by atoms with Crippen molar-refractivity contribution in [2.45, 2.75) is 39.2 Å². The molecule has 122 valence electrons. The Kier molecular flexibility index (Phi) is 5.07. The van der Waals surface area contributed by atoms with E-state index in [0.717, 1.165) is 25.9 Å². The second-order valence-electron chi connectivity index (χ2n) is 6.89. The maximum atomic E-state index is 12.1. The number of amides is 2. The fraction of sp³-hybridized carbons (Fsp3) is 0.812. The number of nitrogens with zero attached hydrogens (tertiary/aromatic N) is 3. The Morgan fingerprint density at radius 3 is 2.32 bits per heavy atom. The van der Waals surface area contributed by atoms with Crippen molar-refractivity contribution in [1.82, 2.24) is 15.1 Å². The third-order valence-corrected chi connectivity index (χ3v) is 4.76. The number of nitrogens with one attached hydrogen (secondary N) is 1. The number of carbonyl (C=O) groups excluding carboxylic acids is 2. The van der Waals surface area contributed by atoms with Crippen LogP contribution in [0.4, 0.5) is 0 Å². The predicted molar refractivity (Wildman–Crippen MR) is 82.7 cm³/mol. The van der Waals surface area contributed by atoms with Gasteiger partial charge >= 0.3 is 0 Å². The van der Waals surface area contributed by atoms with Gasteiger partial charge in [-0.2, -0.15) is 5.26 Å². The summed E-state index contributed by atoms with van der Waals surface area (Å²) in [5, 5.41) is 12.1. The van der Waals surface area contributed by atoms with Crippen molar-refractivity contribution in [2.24, 2.45) is 11.8 Å². The zero-order valence-corrected chi connectivity index (χ0v) is 13.8. The first kappa shape index (κ1) is 16.8. The summed E-state index contributed by atoms with van der Waals surface area (Å²) >= 11 is 0. The lowest BCUT2D eigenvalue weighted by Gasteiger charge is -2.35. The lowest BCUT2D eigenvalue weighted by Crippen LogP contribution is -2.55. The van der Waals surface area contributed by atoms with E-state index in [1.165, 1.54) is 0 Å². The molecule has 0 aromatic carbocycles. The SMILES string of the molecule is CC(C)[C@](C)(C#N)NC(=O)CN1CCN(C(=O)C2CC2)CC1. The van der Waals surface area contributed by atoms with E-state index in [4.69, 9.17) is 0 Å². The molecule has 0 radical (unpaired) electrons. The van der Waals surface area contributed by atoms with Crippen LogP contribution in [0, 0.1) is 23.2 Å². The van der Waals surface area contributed by atoms with Crippen LogP contribution in [0.25, 0.3) is 0 Å². The largest absolute Gasteiger partial charge is 0.340 e. The highest BCUT2D eigenvalue weighted by Gasteiger charge is 2.35. The van der Waals surface area contributed by atoms with Crippen molar-refractivity contribution in [3.63, 3.8) is 0 Å². The topological polar surface area (TPSA) is 76.4 Å². The van der Waals surface area contributed by atoms with E-state index < -0.39 is 5.54 Å². The molecule has 0 unspecified atom stereocenters. The van der Waals surface area contributed by atoms with E-state index in [2.05, 4.69) is 11.4 Å². The van der Waals surface area contributed by atoms with E-state index in [-0.39, 0.29) is 30.2 Å². The molecule has 0 aromatic rings. The minimum atomic E-state index is -0.832. The maximum Gasteiger partial charge on any atom is 0.235 e. The van der Waals surface area contributed by atoms with Crippen LogP contribution in [0.3, 0.4) is 0 Å². The average molecular weight is 306 g/mol.